The number of aromatic nitrogens is 3. The smallest absolute Gasteiger partial charge is 0.231 e. The van der Waals surface area contributed by atoms with Crippen molar-refractivity contribution in [1.29, 1.82) is 0 Å². The molecule has 3 aromatic rings. The molecular weight excluding hydrogens is 312 g/mol. The summed E-state index contributed by atoms with van der Waals surface area (Å²) < 4.78 is 7.70. The highest BCUT2D eigenvalue weighted by Gasteiger charge is 2.08. The molecule has 0 unspecified atom stereocenters. The Morgan fingerprint density at radius 3 is 2.52 bits per heavy atom. The maximum atomic E-state index is 5.85. The molecule has 2 heterocycles. The number of ether oxygens (including phenoxy) is 1. The molecule has 0 bridgehead atoms. The number of hydrogen-bond acceptors (Lipinski definition) is 4. The van der Waals surface area contributed by atoms with Crippen LogP contribution in [0.2, 0.25) is 0 Å². The van der Waals surface area contributed by atoms with Gasteiger partial charge in [0.2, 0.25) is 5.88 Å². The van der Waals surface area contributed by atoms with Gasteiger partial charge in [-0.15, -0.1) is 5.10 Å². The second-order valence-corrected chi connectivity index (χ2v) is 6.18. The van der Waals surface area contributed by atoms with Gasteiger partial charge in [0, 0.05) is 18.2 Å². The highest BCUT2D eigenvalue weighted by atomic mass is 16.5. The zero-order valence-electron chi connectivity index (χ0n) is 15.3. The van der Waals surface area contributed by atoms with Crippen LogP contribution in [0.5, 0.6) is 5.88 Å². The van der Waals surface area contributed by atoms with E-state index in [9.17, 15) is 0 Å². The van der Waals surface area contributed by atoms with Crippen LogP contribution in [0.15, 0.2) is 42.6 Å². The standard InChI is InChI=1S/C20H26N4O/c1-4-23(5-2)13-6-14-25-20-12-11-19-21-15-18(24(19)22-20)17-9-7-16(3)8-10-17/h7-12,15H,4-6,13-14H2,1-3H3. The first-order valence-electron chi connectivity index (χ1n) is 8.98. The lowest BCUT2D eigenvalue weighted by Gasteiger charge is -2.17. The fourth-order valence-electron chi connectivity index (χ4n) is 2.86. The van der Waals surface area contributed by atoms with Gasteiger partial charge in [0.25, 0.3) is 0 Å². The summed E-state index contributed by atoms with van der Waals surface area (Å²) in [4.78, 5) is 6.83. The van der Waals surface area contributed by atoms with E-state index in [1.165, 1.54) is 5.56 Å². The normalized spacial score (nSPS) is 11.4. The molecule has 5 heteroatoms. The molecule has 0 N–H and O–H groups in total. The number of fused-ring (bicyclic) bond motifs is 1. The molecule has 0 atom stereocenters. The lowest BCUT2D eigenvalue weighted by atomic mass is 10.1. The maximum absolute atomic E-state index is 5.85. The molecule has 0 spiro atoms. The van der Waals surface area contributed by atoms with Crippen LogP contribution < -0.4 is 4.74 Å². The van der Waals surface area contributed by atoms with Crippen molar-refractivity contribution < 1.29 is 4.74 Å². The van der Waals surface area contributed by atoms with Crippen molar-refractivity contribution in [2.45, 2.75) is 27.2 Å². The number of rotatable bonds is 8. The van der Waals surface area contributed by atoms with Gasteiger partial charge < -0.3 is 9.64 Å². The topological polar surface area (TPSA) is 42.7 Å². The Bertz CT molecular complexity index is 806. The van der Waals surface area contributed by atoms with E-state index in [4.69, 9.17) is 4.74 Å². The maximum Gasteiger partial charge on any atom is 0.231 e. The van der Waals surface area contributed by atoms with E-state index >= 15 is 0 Å². The molecule has 0 saturated carbocycles. The minimum Gasteiger partial charge on any atom is -0.477 e. The van der Waals surface area contributed by atoms with Crippen LogP contribution in [0.1, 0.15) is 25.8 Å². The first-order valence-corrected chi connectivity index (χ1v) is 8.98. The van der Waals surface area contributed by atoms with E-state index < -0.39 is 0 Å². The number of aryl methyl sites for hydroxylation is 1. The lowest BCUT2D eigenvalue weighted by Crippen LogP contribution is -2.25. The molecule has 132 valence electrons. The molecular formula is C20H26N4O. The number of benzene rings is 1. The van der Waals surface area contributed by atoms with Crippen LogP contribution in [0.3, 0.4) is 0 Å². The molecule has 3 rings (SSSR count). The van der Waals surface area contributed by atoms with Crippen molar-refractivity contribution in [3.63, 3.8) is 0 Å². The summed E-state index contributed by atoms with van der Waals surface area (Å²) in [6.45, 7) is 10.3. The van der Waals surface area contributed by atoms with Gasteiger partial charge in [0.15, 0.2) is 5.65 Å². The van der Waals surface area contributed by atoms with Gasteiger partial charge >= 0.3 is 0 Å². The van der Waals surface area contributed by atoms with Crippen LogP contribution in [-0.4, -0.2) is 45.7 Å². The van der Waals surface area contributed by atoms with Gasteiger partial charge in [-0.3, -0.25) is 0 Å². The van der Waals surface area contributed by atoms with Gasteiger partial charge in [-0.1, -0.05) is 43.7 Å². The van der Waals surface area contributed by atoms with E-state index in [0.717, 1.165) is 43.0 Å². The van der Waals surface area contributed by atoms with Crippen molar-refractivity contribution in [2.24, 2.45) is 0 Å². The summed E-state index contributed by atoms with van der Waals surface area (Å²) in [7, 11) is 0. The second-order valence-electron chi connectivity index (χ2n) is 6.18. The summed E-state index contributed by atoms with van der Waals surface area (Å²) >= 11 is 0. The number of hydrogen-bond donors (Lipinski definition) is 0. The van der Waals surface area contributed by atoms with Gasteiger partial charge in [0.05, 0.1) is 18.5 Å². The second kappa shape index (κ2) is 8.12. The molecule has 0 saturated heterocycles. The molecule has 0 aliphatic carbocycles. The van der Waals surface area contributed by atoms with Crippen LogP contribution >= 0.6 is 0 Å². The summed E-state index contributed by atoms with van der Waals surface area (Å²) in [5, 5.41) is 4.61. The summed E-state index contributed by atoms with van der Waals surface area (Å²) in [5.41, 5.74) is 4.14. The zero-order valence-corrected chi connectivity index (χ0v) is 15.3. The Hall–Kier alpha value is -2.40. The van der Waals surface area contributed by atoms with Gasteiger partial charge in [-0.2, -0.15) is 0 Å². The number of nitrogens with zero attached hydrogens (tertiary/aromatic N) is 4. The quantitative estimate of drug-likeness (QED) is 0.586. The third-order valence-corrected chi connectivity index (χ3v) is 4.45. The Balaban J connectivity index is 1.71. The lowest BCUT2D eigenvalue weighted by molar-refractivity contribution is 0.242. The SMILES string of the molecule is CCN(CC)CCCOc1ccc2ncc(-c3ccc(C)cc3)n2n1. The van der Waals surface area contributed by atoms with Gasteiger partial charge in [-0.05, 0) is 32.5 Å². The molecule has 2 aromatic heterocycles. The predicted molar refractivity (Wildman–Crippen MR) is 101 cm³/mol. The van der Waals surface area contributed by atoms with Crippen molar-refractivity contribution in [2.75, 3.05) is 26.2 Å². The molecule has 0 aliphatic rings. The average molecular weight is 338 g/mol. The summed E-state index contributed by atoms with van der Waals surface area (Å²) in [5.74, 6) is 0.637. The Kier molecular flexibility index (Phi) is 5.66. The predicted octanol–water partition coefficient (Wildman–Crippen LogP) is 3.82. The van der Waals surface area contributed by atoms with E-state index in [-0.39, 0.29) is 0 Å². The minimum absolute atomic E-state index is 0.637. The molecule has 0 radical (unpaired) electrons. The molecule has 5 nitrogen and oxygen atoms in total. The Labute approximate surface area is 149 Å². The van der Waals surface area contributed by atoms with Gasteiger partial charge in [0.1, 0.15) is 0 Å². The first kappa shape index (κ1) is 17.4. The fourth-order valence-corrected chi connectivity index (χ4v) is 2.86. The molecule has 25 heavy (non-hydrogen) atoms. The van der Waals surface area contributed by atoms with Crippen molar-refractivity contribution in [1.82, 2.24) is 19.5 Å². The van der Waals surface area contributed by atoms with E-state index in [0.29, 0.717) is 12.5 Å². The van der Waals surface area contributed by atoms with Crippen LogP contribution in [0, 0.1) is 6.92 Å². The Morgan fingerprint density at radius 1 is 1.04 bits per heavy atom. The number of imidazole rings is 1. The zero-order chi connectivity index (χ0) is 17.6. The minimum atomic E-state index is 0.637. The monoisotopic (exact) mass is 338 g/mol. The molecule has 0 amide bonds. The first-order chi connectivity index (χ1) is 12.2. The summed E-state index contributed by atoms with van der Waals surface area (Å²) in [6, 6.07) is 12.2. The van der Waals surface area contributed by atoms with Crippen LogP contribution in [-0.2, 0) is 0 Å². The van der Waals surface area contributed by atoms with Crippen LogP contribution in [0.4, 0.5) is 0 Å². The molecule has 0 aliphatic heterocycles. The Morgan fingerprint density at radius 2 is 1.80 bits per heavy atom. The van der Waals surface area contributed by atoms with Crippen molar-refractivity contribution >= 4 is 5.65 Å². The third kappa shape index (κ3) is 4.17. The third-order valence-electron chi connectivity index (χ3n) is 4.45. The van der Waals surface area contributed by atoms with Crippen molar-refractivity contribution in [3.8, 4) is 17.1 Å². The average Bonchev–Trinajstić information content (AvgIpc) is 3.06. The largest absolute Gasteiger partial charge is 0.477 e. The summed E-state index contributed by atoms with van der Waals surface area (Å²) in [6.07, 6.45) is 2.85. The van der Waals surface area contributed by atoms with Crippen LogP contribution in [0.25, 0.3) is 16.9 Å². The van der Waals surface area contributed by atoms with E-state index in [1.807, 2.05) is 22.8 Å². The van der Waals surface area contributed by atoms with E-state index in [2.05, 4.69) is 60.0 Å². The molecule has 0 fully saturated rings. The highest BCUT2D eigenvalue weighted by molar-refractivity contribution is 5.63. The highest BCUT2D eigenvalue weighted by Crippen LogP contribution is 2.21. The molecule has 1 aromatic carbocycles. The van der Waals surface area contributed by atoms with E-state index in [1.54, 1.807) is 0 Å². The fraction of sp³-hybridized carbons (Fsp3) is 0.400. The van der Waals surface area contributed by atoms with Gasteiger partial charge in [-0.25, -0.2) is 9.50 Å². The van der Waals surface area contributed by atoms with Crippen molar-refractivity contribution in [3.05, 3.63) is 48.2 Å².